The number of fused-ring (bicyclic) bond motifs is 4. The number of carbonyl (C=O) groups is 1. The third kappa shape index (κ3) is 5.24. The molecule has 2 aromatic carbocycles. The molecule has 12 heteroatoms. The van der Waals surface area contributed by atoms with Crippen molar-refractivity contribution in [1.82, 2.24) is 13.2 Å². The molecular weight excluding hydrogens is 552 g/mol. The van der Waals surface area contributed by atoms with Crippen LogP contribution in [0.2, 0.25) is 0 Å². The Morgan fingerprint density at radius 3 is 2.17 bits per heavy atom. The number of hydrogen-bond acceptors (Lipinski definition) is 6. The molecule has 1 amide bonds. The molecule has 3 aromatic rings. The van der Waals surface area contributed by atoms with Gasteiger partial charge in [0.2, 0.25) is 20.0 Å². The normalized spacial score (nSPS) is 19.3. The molecule has 10 nitrogen and oxygen atoms in total. The standard InChI is InChI=1S/C28H32N4O6S2/c1-3-30(4-2)39(35,36)24-12-8-21(9-13-24)28(34)29-23-10-14-25(15-11-23)40(37,38)31-17-20-16-22(19-31)26-6-5-7-27(33)32(26)18-20/h5-15,20,22H,3-4,16-19H2,1-2H3,(H,29,34). The van der Waals surface area contributed by atoms with Crippen LogP contribution in [0.15, 0.2) is 81.3 Å². The Bertz CT molecular complexity index is 1680. The Morgan fingerprint density at radius 1 is 0.875 bits per heavy atom. The highest BCUT2D eigenvalue weighted by Crippen LogP contribution is 2.37. The average Bonchev–Trinajstić information content (AvgIpc) is 2.94. The van der Waals surface area contributed by atoms with Crippen LogP contribution in [0, 0.1) is 5.92 Å². The molecule has 0 aliphatic carbocycles. The lowest BCUT2D eigenvalue weighted by molar-refractivity contribution is 0.102. The topological polar surface area (TPSA) is 126 Å². The van der Waals surface area contributed by atoms with E-state index in [0.717, 1.165) is 12.1 Å². The lowest BCUT2D eigenvalue weighted by Gasteiger charge is -2.42. The molecule has 1 saturated heterocycles. The van der Waals surface area contributed by atoms with E-state index in [-0.39, 0.29) is 32.7 Å². The van der Waals surface area contributed by atoms with E-state index in [4.69, 9.17) is 0 Å². The van der Waals surface area contributed by atoms with Gasteiger partial charge in [-0.3, -0.25) is 9.59 Å². The summed E-state index contributed by atoms with van der Waals surface area (Å²) >= 11 is 0. The Labute approximate surface area is 234 Å². The summed E-state index contributed by atoms with van der Waals surface area (Å²) in [6.45, 7) is 5.38. The number of nitrogens with one attached hydrogen (secondary N) is 1. The third-order valence-electron chi connectivity index (χ3n) is 7.66. The Hall–Kier alpha value is -3.32. The minimum absolute atomic E-state index is 0.0388. The molecule has 0 spiro atoms. The fraction of sp³-hybridized carbons (Fsp3) is 0.357. The highest BCUT2D eigenvalue weighted by Gasteiger charge is 2.39. The van der Waals surface area contributed by atoms with E-state index in [1.807, 2.05) is 6.07 Å². The van der Waals surface area contributed by atoms with Gasteiger partial charge in [-0.2, -0.15) is 8.61 Å². The van der Waals surface area contributed by atoms with Gasteiger partial charge < -0.3 is 9.88 Å². The summed E-state index contributed by atoms with van der Waals surface area (Å²) in [5.74, 6) is -0.420. The van der Waals surface area contributed by atoms with Crippen LogP contribution in [0.3, 0.4) is 0 Å². The van der Waals surface area contributed by atoms with Crippen molar-refractivity contribution < 1.29 is 21.6 Å². The highest BCUT2D eigenvalue weighted by molar-refractivity contribution is 7.89. The molecule has 1 fully saturated rings. The van der Waals surface area contributed by atoms with E-state index < -0.39 is 26.0 Å². The number of aromatic nitrogens is 1. The summed E-state index contributed by atoms with van der Waals surface area (Å²) in [7, 11) is -7.40. The van der Waals surface area contributed by atoms with Crippen LogP contribution < -0.4 is 10.9 Å². The molecule has 1 aromatic heterocycles. The number of sulfonamides is 2. The summed E-state index contributed by atoms with van der Waals surface area (Å²) in [4.78, 5) is 25.3. The maximum absolute atomic E-state index is 13.5. The van der Waals surface area contributed by atoms with Gasteiger partial charge in [0.1, 0.15) is 0 Å². The second kappa shape index (κ2) is 10.9. The van der Waals surface area contributed by atoms with Gasteiger partial charge in [-0.25, -0.2) is 16.8 Å². The van der Waals surface area contributed by atoms with Crippen LogP contribution in [-0.2, 0) is 26.6 Å². The first-order valence-electron chi connectivity index (χ1n) is 13.3. The van der Waals surface area contributed by atoms with Gasteiger partial charge in [-0.1, -0.05) is 19.9 Å². The molecule has 2 aliphatic heterocycles. The molecule has 2 atom stereocenters. The predicted octanol–water partition coefficient (Wildman–Crippen LogP) is 2.94. The molecule has 0 radical (unpaired) electrons. The molecule has 5 rings (SSSR count). The minimum Gasteiger partial charge on any atom is -0.322 e. The van der Waals surface area contributed by atoms with Crippen LogP contribution >= 0.6 is 0 Å². The fourth-order valence-electron chi connectivity index (χ4n) is 5.60. The van der Waals surface area contributed by atoms with Gasteiger partial charge in [0.05, 0.1) is 9.79 Å². The number of piperidine rings is 1. The zero-order chi connectivity index (χ0) is 28.7. The van der Waals surface area contributed by atoms with Crippen molar-refractivity contribution in [2.45, 2.75) is 42.5 Å². The summed E-state index contributed by atoms with van der Waals surface area (Å²) in [5, 5.41) is 2.73. The Kier molecular flexibility index (Phi) is 7.71. The smallest absolute Gasteiger partial charge is 0.255 e. The number of pyridine rings is 1. The monoisotopic (exact) mass is 584 g/mol. The highest BCUT2D eigenvalue weighted by atomic mass is 32.2. The SMILES string of the molecule is CCN(CC)S(=O)(=O)c1ccc(C(=O)Nc2ccc(S(=O)(=O)N3CC4CC(C3)c3cccc(=O)n3C4)cc2)cc1. The minimum atomic E-state index is -3.77. The van der Waals surface area contributed by atoms with E-state index in [1.165, 1.54) is 63.2 Å². The van der Waals surface area contributed by atoms with Crippen molar-refractivity contribution in [1.29, 1.82) is 0 Å². The van der Waals surface area contributed by atoms with E-state index in [1.54, 1.807) is 24.5 Å². The Balaban J connectivity index is 1.27. The number of hydrogen-bond donors (Lipinski definition) is 1. The molecule has 1 N–H and O–H groups in total. The third-order valence-corrected chi connectivity index (χ3v) is 11.6. The predicted molar refractivity (Wildman–Crippen MR) is 151 cm³/mol. The second-order valence-electron chi connectivity index (χ2n) is 10.1. The van der Waals surface area contributed by atoms with Crippen molar-refractivity contribution in [3.63, 3.8) is 0 Å². The van der Waals surface area contributed by atoms with Gasteiger partial charge in [-0.05, 0) is 66.9 Å². The van der Waals surface area contributed by atoms with Crippen molar-refractivity contribution in [3.05, 3.63) is 88.3 Å². The van der Waals surface area contributed by atoms with Crippen molar-refractivity contribution in [2.24, 2.45) is 5.92 Å². The van der Waals surface area contributed by atoms with Gasteiger partial charge in [-0.15, -0.1) is 0 Å². The van der Waals surface area contributed by atoms with E-state index in [9.17, 15) is 26.4 Å². The van der Waals surface area contributed by atoms with Gasteiger partial charge in [0.15, 0.2) is 0 Å². The summed E-state index contributed by atoms with van der Waals surface area (Å²) in [6.07, 6.45) is 0.850. The van der Waals surface area contributed by atoms with Gasteiger partial charge in [0, 0.05) is 61.7 Å². The molecule has 2 unspecified atom stereocenters. The molecule has 2 bridgehead atoms. The van der Waals surface area contributed by atoms with Crippen molar-refractivity contribution >= 4 is 31.6 Å². The van der Waals surface area contributed by atoms with E-state index >= 15 is 0 Å². The zero-order valence-electron chi connectivity index (χ0n) is 22.4. The quantitative estimate of drug-likeness (QED) is 0.434. The molecular formula is C28H32N4O6S2. The van der Waals surface area contributed by atoms with Crippen molar-refractivity contribution in [2.75, 3.05) is 31.5 Å². The van der Waals surface area contributed by atoms with Gasteiger partial charge >= 0.3 is 0 Å². The second-order valence-corrected chi connectivity index (χ2v) is 14.0. The lowest BCUT2D eigenvalue weighted by Crippen LogP contribution is -2.48. The Morgan fingerprint density at radius 2 is 1.52 bits per heavy atom. The number of carbonyl (C=O) groups excluding carboxylic acids is 1. The molecule has 212 valence electrons. The zero-order valence-corrected chi connectivity index (χ0v) is 24.0. The van der Waals surface area contributed by atoms with Gasteiger partial charge in [0.25, 0.3) is 11.5 Å². The van der Waals surface area contributed by atoms with Crippen LogP contribution in [-0.4, -0.2) is 62.1 Å². The molecule has 3 heterocycles. The maximum Gasteiger partial charge on any atom is 0.255 e. The number of rotatable bonds is 8. The van der Waals surface area contributed by atoms with Crippen LogP contribution in [0.1, 0.15) is 42.2 Å². The number of anilines is 1. The average molecular weight is 585 g/mol. The molecule has 2 aliphatic rings. The largest absolute Gasteiger partial charge is 0.322 e. The van der Waals surface area contributed by atoms with E-state index in [0.29, 0.717) is 38.4 Å². The van der Waals surface area contributed by atoms with Crippen LogP contribution in [0.25, 0.3) is 0 Å². The first-order chi connectivity index (χ1) is 19.0. The number of amides is 1. The fourth-order valence-corrected chi connectivity index (χ4v) is 8.62. The summed E-state index contributed by atoms with van der Waals surface area (Å²) in [6, 6.07) is 16.8. The number of nitrogens with zero attached hydrogens (tertiary/aromatic N) is 3. The summed E-state index contributed by atoms with van der Waals surface area (Å²) in [5.41, 5.74) is 1.50. The summed E-state index contributed by atoms with van der Waals surface area (Å²) < 4.78 is 56.9. The lowest BCUT2D eigenvalue weighted by atomic mass is 9.84. The van der Waals surface area contributed by atoms with Crippen molar-refractivity contribution in [3.8, 4) is 0 Å². The molecule has 40 heavy (non-hydrogen) atoms. The first kappa shape index (κ1) is 28.2. The maximum atomic E-state index is 13.5. The molecule has 0 saturated carbocycles. The van der Waals surface area contributed by atoms with Crippen LogP contribution in [0.5, 0.6) is 0 Å². The van der Waals surface area contributed by atoms with Crippen LogP contribution in [0.4, 0.5) is 5.69 Å². The number of benzene rings is 2. The first-order valence-corrected chi connectivity index (χ1v) is 16.1. The van der Waals surface area contributed by atoms with E-state index in [2.05, 4.69) is 5.32 Å².